The molecule has 0 aliphatic carbocycles. The normalized spacial score (nSPS) is 11.8. The number of nitrogen functional groups attached to an aromatic ring is 1. The summed E-state index contributed by atoms with van der Waals surface area (Å²) in [5.41, 5.74) is 11.4. The van der Waals surface area contributed by atoms with Gasteiger partial charge in [0.2, 0.25) is 5.91 Å². The maximum atomic E-state index is 11.4. The number of pyridine rings is 1. The van der Waals surface area contributed by atoms with Crippen LogP contribution in [-0.4, -0.2) is 54.4 Å². The van der Waals surface area contributed by atoms with Gasteiger partial charge in [-0.05, 0) is 54.7 Å². The number of nitrogens with zero attached hydrogens (tertiary/aromatic N) is 3. The molecule has 1 amide bonds. The van der Waals surface area contributed by atoms with Gasteiger partial charge in [-0.2, -0.15) is 0 Å². The average molecular weight is 695 g/mol. The average Bonchev–Trinajstić information content (AvgIpc) is 3.29. The molecule has 0 fully saturated rings. The lowest BCUT2D eigenvalue weighted by atomic mass is 10.1. The van der Waals surface area contributed by atoms with E-state index >= 15 is 0 Å². The number of aryl methyl sites for hydroxylation is 2. The summed E-state index contributed by atoms with van der Waals surface area (Å²) < 4.78 is 24.5. The lowest BCUT2D eigenvalue weighted by Crippen LogP contribution is -2.28. The molecule has 220 valence electrons. The first-order valence-corrected chi connectivity index (χ1v) is 16.5. The first-order chi connectivity index (χ1) is 19.6. The SMILES string of the molecule is CCCCc1nc2c(N)nc3ccc(CCOCCNC(=O)CI)cc3c2n1Cc1ccc(OP(=O)(O)O)c(C)c1. The van der Waals surface area contributed by atoms with E-state index in [0.29, 0.717) is 54.0 Å². The zero-order chi connectivity index (χ0) is 29.6. The summed E-state index contributed by atoms with van der Waals surface area (Å²) in [5, 5.41) is 3.74. The molecular weight excluding hydrogens is 660 g/mol. The van der Waals surface area contributed by atoms with Crippen molar-refractivity contribution >= 4 is 64.1 Å². The van der Waals surface area contributed by atoms with Crippen LogP contribution in [0, 0.1) is 6.92 Å². The van der Waals surface area contributed by atoms with Crippen LogP contribution in [0.15, 0.2) is 36.4 Å². The smallest absolute Gasteiger partial charge is 0.404 e. The van der Waals surface area contributed by atoms with Crippen molar-refractivity contribution < 1.29 is 28.4 Å². The molecule has 11 nitrogen and oxygen atoms in total. The quantitative estimate of drug-likeness (QED) is 0.0647. The molecule has 0 radical (unpaired) electrons. The number of imidazole rings is 1. The van der Waals surface area contributed by atoms with Crippen molar-refractivity contribution in [2.45, 2.75) is 46.1 Å². The van der Waals surface area contributed by atoms with Gasteiger partial charge in [-0.1, -0.05) is 54.1 Å². The van der Waals surface area contributed by atoms with Crippen molar-refractivity contribution in [3.63, 3.8) is 0 Å². The van der Waals surface area contributed by atoms with Crippen molar-refractivity contribution in [1.29, 1.82) is 0 Å². The maximum Gasteiger partial charge on any atom is 0.524 e. The Morgan fingerprint density at radius 3 is 2.61 bits per heavy atom. The molecule has 2 heterocycles. The Hall–Kier alpha value is -2.77. The summed E-state index contributed by atoms with van der Waals surface area (Å²) in [6.45, 7) is 5.81. The minimum absolute atomic E-state index is 0.00462. The Kier molecular flexibility index (Phi) is 10.6. The van der Waals surface area contributed by atoms with Gasteiger partial charge in [0.25, 0.3) is 0 Å². The molecule has 0 aliphatic heterocycles. The second kappa shape index (κ2) is 13.9. The Balaban J connectivity index is 1.66. The van der Waals surface area contributed by atoms with Crippen molar-refractivity contribution in [3.05, 3.63) is 58.9 Å². The van der Waals surface area contributed by atoms with Gasteiger partial charge in [-0.15, -0.1) is 0 Å². The second-order valence-electron chi connectivity index (χ2n) is 9.79. The molecule has 0 bridgehead atoms. The highest BCUT2D eigenvalue weighted by Gasteiger charge is 2.20. The number of nitrogens with two attached hydrogens (primary N) is 1. The lowest BCUT2D eigenvalue weighted by Gasteiger charge is -2.14. The summed E-state index contributed by atoms with van der Waals surface area (Å²) in [6.07, 6.45) is 3.44. The number of hydrogen-bond donors (Lipinski definition) is 4. The first-order valence-electron chi connectivity index (χ1n) is 13.4. The van der Waals surface area contributed by atoms with Gasteiger partial charge < -0.3 is 24.9 Å². The molecule has 0 atom stereocenters. The van der Waals surface area contributed by atoms with E-state index in [1.54, 1.807) is 19.1 Å². The minimum Gasteiger partial charge on any atom is -0.404 e. The van der Waals surface area contributed by atoms with E-state index in [-0.39, 0.29) is 11.7 Å². The van der Waals surface area contributed by atoms with Gasteiger partial charge in [0, 0.05) is 24.9 Å². The topological polar surface area (TPSA) is 162 Å². The Bertz CT molecular complexity index is 1590. The molecule has 0 saturated heterocycles. The lowest BCUT2D eigenvalue weighted by molar-refractivity contribution is -0.118. The number of nitrogens with one attached hydrogen (secondary N) is 1. The number of unbranched alkanes of at least 4 members (excludes halogenated alkanes) is 1. The zero-order valence-corrected chi connectivity index (χ0v) is 26.2. The number of fused-ring (bicyclic) bond motifs is 3. The molecule has 2 aromatic carbocycles. The highest BCUT2D eigenvalue weighted by molar-refractivity contribution is 14.1. The van der Waals surface area contributed by atoms with Crippen molar-refractivity contribution in [1.82, 2.24) is 19.9 Å². The third-order valence-corrected chi connectivity index (χ3v) is 7.75. The predicted octanol–water partition coefficient (Wildman–Crippen LogP) is 4.45. The standard InChI is InChI=1S/C28H35IN5O6P/c1-3-4-5-24-33-26-27(34(24)17-20-7-9-23(18(2)14-20)40-41(36,37)38)21-15-19(6-8-22(21)32-28(26)30)10-12-39-13-11-31-25(35)16-29/h6-9,14-15H,3-5,10-13,16-17H2,1-2H3,(H2,30,32)(H,31,35)(H2,36,37,38). The second-order valence-corrected chi connectivity index (χ2v) is 11.7. The third kappa shape index (κ3) is 8.16. The van der Waals surface area contributed by atoms with Gasteiger partial charge >= 0.3 is 7.82 Å². The van der Waals surface area contributed by atoms with Crippen molar-refractivity contribution in [2.24, 2.45) is 0 Å². The van der Waals surface area contributed by atoms with E-state index in [1.807, 2.05) is 40.8 Å². The third-order valence-electron chi connectivity index (χ3n) is 6.62. The monoisotopic (exact) mass is 695 g/mol. The number of carbonyl (C=O) groups is 1. The highest BCUT2D eigenvalue weighted by Crippen LogP contribution is 2.39. The number of halogens is 1. The number of phosphoric acid groups is 1. The van der Waals surface area contributed by atoms with Gasteiger partial charge in [0.15, 0.2) is 5.82 Å². The Morgan fingerprint density at radius 1 is 1.12 bits per heavy atom. The zero-order valence-electron chi connectivity index (χ0n) is 23.1. The summed E-state index contributed by atoms with van der Waals surface area (Å²) in [7, 11) is -4.66. The van der Waals surface area contributed by atoms with Crippen LogP contribution in [0.25, 0.3) is 21.9 Å². The summed E-state index contributed by atoms with van der Waals surface area (Å²) >= 11 is 2.02. The number of hydrogen-bond acceptors (Lipinski definition) is 7. The molecule has 0 unspecified atom stereocenters. The minimum atomic E-state index is -4.66. The fraction of sp³-hybridized carbons (Fsp3) is 0.393. The van der Waals surface area contributed by atoms with Crippen LogP contribution < -0.4 is 15.6 Å². The number of aromatic nitrogens is 3. The number of amides is 1. The Morgan fingerprint density at radius 2 is 1.90 bits per heavy atom. The van der Waals surface area contributed by atoms with Crippen LogP contribution in [0.2, 0.25) is 0 Å². The summed E-state index contributed by atoms with van der Waals surface area (Å²) in [4.78, 5) is 39.4. The number of carbonyl (C=O) groups excluding carboxylic acids is 1. The molecule has 2 aromatic heterocycles. The van der Waals surface area contributed by atoms with Crippen LogP contribution in [-0.2, 0) is 33.5 Å². The van der Waals surface area contributed by atoms with Gasteiger partial charge in [0.05, 0.1) is 28.7 Å². The number of rotatable bonds is 14. The van der Waals surface area contributed by atoms with E-state index in [9.17, 15) is 19.1 Å². The van der Waals surface area contributed by atoms with Gasteiger partial charge in [-0.25, -0.2) is 14.5 Å². The summed E-state index contributed by atoms with van der Waals surface area (Å²) in [6, 6.07) is 11.3. The molecule has 0 aliphatic rings. The maximum absolute atomic E-state index is 11.4. The fourth-order valence-electron chi connectivity index (χ4n) is 4.68. The number of benzene rings is 2. The predicted molar refractivity (Wildman–Crippen MR) is 167 cm³/mol. The highest BCUT2D eigenvalue weighted by atomic mass is 127. The summed E-state index contributed by atoms with van der Waals surface area (Å²) in [5.74, 6) is 1.41. The van der Waals surface area contributed by atoms with E-state index < -0.39 is 7.82 Å². The first kappa shape index (κ1) is 31.2. The molecule has 0 saturated carbocycles. The van der Waals surface area contributed by atoms with Crippen LogP contribution in [0.3, 0.4) is 0 Å². The van der Waals surface area contributed by atoms with E-state index in [0.717, 1.165) is 52.6 Å². The number of ether oxygens (including phenoxy) is 1. The molecule has 41 heavy (non-hydrogen) atoms. The van der Waals surface area contributed by atoms with E-state index in [2.05, 4.69) is 27.9 Å². The van der Waals surface area contributed by atoms with Crippen LogP contribution in [0.4, 0.5) is 5.82 Å². The fourth-order valence-corrected chi connectivity index (χ4v) is 5.41. The molecular formula is C28H35IN5O6P. The van der Waals surface area contributed by atoms with Crippen LogP contribution in [0.5, 0.6) is 5.75 Å². The molecule has 5 N–H and O–H groups in total. The van der Waals surface area contributed by atoms with Gasteiger partial charge in [-0.3, -0.25) is 14.6 Å². The largest absolute Gasteiger partial charge is 0.524 e. The number of phosphoric ester groups is 1. The number of anilines is 1. The van der Waals surface area contributed by atoms with Gasteiger partial charge in [0.1, 0.15) is 17.1 Å². The van der Waals surface area contributed by atoms with Crippen molar-refractivity contribution in [2.75, 3.05) is 29.9 Å². The van der Waals surface area contributed by atoms with Crippen LogP contribution >= 0.6 is 30.4 Å². The van der Waals surface area contributed by atoms with Crippen LogP contribution in [0.1, 0.15) is 42.3 Å². The van der Waals surface area contributed by atoms with Crippen molar-refractivity contribution in [3.8, 4) is 5.75 Å². The molecule has 4 rings (SSSR count). The number of alkyl halides is 1. The van der Waals surface area contributed by atoms with E-state index in [1.165, 1.54) is 0 Å². The van der Waals surface area contributed by atoms with E-state index in [4.69, 9.17) is 20.0 Å². The molecule has 4 aromatic rings. The molecule has 13 heteroatoms. The Labute approximate surface area is 252 Å². The molecule has 0 spiro atoms.